The molecule has 1 fully saturated rings. The van der Waals surface area contributed by atoms with Crippen LogP contribution in [-0.2, 0) is 17.9 Å². The van der Waals surface area contributed by atoms with E-state index in [1.54, 1.807) is 0 Å². The monoisotopic (exact) mass is 367 g/mol. The van der Waals surface area contributed by atoms with Crippen molar-refractivity contribution in [2.75, 3.05) is 13.1 Å². The van der Waals surface area contributed by atoms with Crippen LogP contribution in [0.1, 0.15) is 63.5 Å². The van der Waals surface area contributed by atoms with Gasteiger partial charge < -0.3 is 11.1 Å². The summed E-state index contributed by atoms with van der Waals surface area (Å²) in [5.74, 6) is -0.0612. The Morgan fingerprint density at radius 3 is 2.36 bits per heavy atom. The van der Waals surface area contributed by atoms with E-state index in [-0.39, 0.29) is 18.3 Å². The lowest BCUT2D eigenvalue weighted by molar-refractivity contribution is -0.126. The van der Waals surface area contributed by atoms with Crippen LogP contribution in [0.2, 0.25) is 0 Å². The summed E-state index contributed by atoms with van der Waals surface area (Å²) in [6.45, 7) is 7.75. The van der Waals surface area contributed by atoms with Crippen molar-refractivity contribution in [2.24, 2.45) is 5.73 Å². The second-order valence-electron chi connectivity index (χ2n) is 7.31. The standard InChI is InChI=1S/C20H33N3O.ClH/c1-3-12-20(2,21)19(24)22-15-17-10-6-7-11-18(17)16-23-13-8-4-5-9-14-23;/h6-7,10-11H,3-5,8-9,12-16,21H2,1-2H3,(H,22,24);1H. The molecular formula is C20H34ClN3O. The van der Waals surface area contributed by atoms with Crippen molar-refractivity contribution in [3.8, 4) is 0 Å². The first-order valence-electron chi connectivity index (χ1n) is 9.39. The summed E-state index contributed by atoms with van der Waals surface area (Å²) in [5, 5.41) is 3.03. The molecule has 5 heteroatoms. The Hall–Kier alpha value is -1.10. The average Bonchev–Trinajstić information content (AvgIpc) is 2.82. The van der Waals surface area contributed by atoms with Gasteiger partial charge in [0.25, 0.3) is 0 Å². The number of carbonyl (C=O) groups excluding carboxylic acids is 1. The van der Waals surface area contributed by atoms with Crippen molar-refractivity contribution in [1.29, 1.82) is 0 Å². The minimum absolute atomic E-state index is 0. The van der Waals surface area contributed by atoms with Gasteiger partial charge in [-0.15, -0.1) is 12.4 Å². The summed E-state index contributed by atoms with van der Waals surface area (Å²) in [6, 6.07) is 8.42. The zero-order valence-electron chi connectivity index (χ0n) is 15.7. The van der Waals surface area contributed by atoms with E-state index >= 15 is 0 Å². The first-order valence-corrected chi connectivity index (χ1v) is 9.39. The fourth-order valence-electron chi connectivity index (χ4n) is 3.43. The largest absolute Gasteiger partial charge is 0.350 e. The second-order valence-corrected chi connectivity index (χ2v) is 7.31. The molecule has 0 aromatic heterocycles. The smallest absolute Gasteiger partial charge is 0.240 e. The van der Waals surface area contributed by atoms with E-state index in [2.05, 4.69) is 35.3 Å². The van der Waals surface area contributed by atoms with Gasteiger partial charge in [-0.25, -0.2) is 0 Å². The highest BCUT2D eigenvalue weighted by Crippen LogP contribution is 2.17. The Morgan fingerprint density at radius 1 is 1.16 bits per heavy atom. The van der Waals surface area contributed by atoms with E-state index in [1.807, 2.05) is 13.0 Å². The lowest BCUT2D eigenvalue weighted by Crippen LogP contribution is -2.51. The van der Waals surface area contributed by atoms with Gasteiger partial charge in [-0.3, -0.25) is 9.69 Å². The molecule has 1 aromatic carbocycles. The minimum Gasteiger partial charge on any atom is -0.350 e. The first kappa shape index (κ1) is 21.9. The summed E-state index contributed by atoms with van der Waals surface area (Å²) in [5.41, 5.74) is 7.85. The molecule has 1 aliphatic heterocycles. The first-order chi connectivity index (χ1) is 11.5. The average molecular weight is 368 g/mol. The third kappa shape index (κ3) is 6.96. The molecule has 1 aromatic rings. The molecule has 1 saturated heterocycles. The van der Waals surface area contributed by atoms with Crippen LogP contribution in [0.25, 0.3) is 0 Å². The van der Waals surface area contributed by atoms with E-state index in [0.29, 0.717) is 13.0 Å². The third-order valence-electron chi connectivity index (χ3n) is 4.94. The number of hydrogen-bond donors (Lipinski definition) is 2. The van der Waals surface area contributed by atoms with Crippen molar-refractivity contribution in [3.63, 3.8) is 0 Å². The number of likely N-dealkylation sites (tertiary alicyclic amines) is 1. The van der Waals surface area contributed by atoms with Gasteiger partial charge in [-0.1, -0.05) is 50.5 Å². The fraction of sp³-hybridized carbons (Fsp3) is 0.650. The quantitative estimate of drug-likeness (QED) is 0.773. The Bertz CT molecular complexity index is 525. The molecular weight excluding hydrogens is 334 g/mol. The van der Waals surface area contributed by atoms with Gasteiger partial charge in [0.1, 0.15) is 0 Å². The molecule has 4 nitrogen and oxygen atoms in total. The molecule has 0 bridgehead atoms. The van der Waals surface area contributed by atoms with Crippen LogP contribution < -0.4 is 11.1 Å². The van der Waals surface area contributed by atoms with Crippen molar-refractivity contribution in [1.82, 2.24) is 10.2 Å². The Kier molecular flexibility index (Phi) is 9.47. The highest BCUT2D eigenvalue weighted by atomic mass is 35.5. The van der Waals surface area contributed by atoms with Crippen LogP contribution in [0.3, 0.4) is 0 Å². The lowest BCUT2D eigenvalue weighted by Gasteiger charge is -2.24. The van der Waals surface area contributed by atoms with Crippen LogP contribution in [0.5, 0.6) is 0 Å². The van der Waals surface area contributed by atoms with Gasteiger partial charge in [0.15, 0.2) is 0 Å². The Morgan fingerprint density at radius 2 is 1.76 bits per heavy atom. The number of rotatable bonds is 7. The van der Waals surface area contributed by atoms with Crippen LogP contribution in [-0.4, -0.2) is 29.4 Å². The maximum atomic E-state index is 12.3. The lowest BCUT2D eigenvalue weighted by atomic mass is 9.96. The predicted octanol–water partition coefficient (Wildman–Crippen LogP) is 3.62. The summed E-state index contributed by atoms with van der Waals surface area (Å²) in [6.07, 6.45) is 6.89. The number of nitrogens with zero attached hydrogens (tertiary/aromatic N) is 1. The van der Waals surface area contributed by atoms with Crippen LogP contribution >= 0.6 is 12.4 Å². The zero-order chi connectivity index (χ0) is 17.4. The van der Waals surface area contributed by atoms with E-state index in [0.717, 1.165) is 13.0 Å². The minimum atomic E-state index is -0.783. The third-order valence-corrected chi connectivity index (χ3v) is 4.94. The summed E-state index contributed by atoms with van der Waals surface area (Å²) in [4.78, 5) is 14.9. The second kappa shape index (κ2) is 10.8. The number of amides is 1. The van der Waals surface area contributed by atoms with Gasteiger partial charge in [0, 0.05) is 13.1 Å². The number of nitrogens with one attached hydrogen (secondary N) is 1. The maximum absolute atomic E-state index is 12.3. The molecule has 0 radical (unpaired) electrons. The highest BCUT2D eigenvalue weighted by Gasteiger charge is 2.26. The summed E-state index contributed by atoms with van der Waals surface area (Å²) in [7, 11) is 0. The van der Waals surface area contributed by atoms with Crippen LogP contribution in [0.15, 0.2) is 24.3 Å². The molecule has 25 heavy (non-hydrogen) atoms. The van der Waals surface area contributed by atoms with Crippen molar-refractivity contribution in [3.05, 3.63) is 35.4 Å². The summed E-state index contributed by atoms with van der Waals surface area (Å²) < 4.78 is 0. The Labute approximate surface area is 158 Å². The molecule has 1 aliphatic rings. The molecule has 1 amide bonds. The SMILES string of the molecule is CCCC(C)(N)C(=O)NCc1ccccc1CN1CCCCCC1.Cl. The van der Waals surface area contributed by atoms with Crippen molar-refractivity contribution < 1.29 is 4.79 Å². The van der Waals surface area contributed by atoms with Crippen LogP contribution in [0, 0.1) is 0 Å². The normalized spacial score (nSPS) is 17.9. The number of nitrogens with two attached hydrogens (primary N) is 1. The number of hydrogen-bond acceptors (Lipinski definition) is 3. The molecule has 3 N–H and O–H groups in total. The molecule has 0 spiro atoms. The molecule has 0 saturated carbocycles. The number of carbonyl (C=O) groups is 1. The van der Waals surface area contributed by atoms with E-state index in [9.17, 15) is 4.79 Å². The number of halogens is 1. The topological polar surface area (TPSA) is 58.4 Å². The fourth-order valence-corrected chi connectivity index (χ4v) is 3.43. The summed E-state index contributed by atoms with van der Waals surface area (Å²) >= 11 is 0. The molecule has 0 aliphatic carbocycles. The predicted molar refractivity (Wildman–Crippen MR) is 107 cm³/mol. The maximum Gasteiger partial charge on any atom is 0.240 e. The van der Waals surface area contributed by atoms with E-state index < -0.39 is 5.54 Å². The molecule has 1 heterocycles. The van der Waals surface area contributed by atoms with Gasteiger partial charge in [0.2, 0.25) is 5.91 Å². The van der Waals surface area contributed by atoms with Crippen molar-refractivity contribution >= 4 is 18.3 Å². The Balaban J connectivity index is 0.00000312. The van der Waals surface area contributed by atoms with E-state index in [1.165, 1.54) is 49.9 Å². The zero-order valence-corrected chi connectivity index (χ0v) is 16.5. The van der Waals surface area contributed by atoms with Gasteiger partial charge in [-0.2, -0.15) is 0 Å². The molecule has 1 unspecified atom stereocenters. The molecule has 2 rings (SSSR count). The highest BCUT2D eigenvalue weighted by molar-refractivity contribution is 5.85. The van der Waals surface area contributed by atoms with E-state index in [4.69, 9.17) is 5.73 Å². The van der Waals surface area contributed by atoms with Gasteiger partial charge in [0.05, 0.1) is 5.54 Å². The van der Waals surface area contributed by atoms with Crippen LogP contribution in [0.4, 0.5) is 0 Å². The number of benzene rings is 1. The molecule has 142 valence electrons. The molecule has 1 atom stereocenters. The van der Waals surface area contributed by atoms with Gasteiger partial charge >= 0.3 is 0 Å². The van der Waals surface area contributed by atoms with Gasteiger partial charge in [-0.05, 0) is 50.4 Å². The van der Waals surface area contributed by atoms with Crippen molar-refractivity contribution in [2.45, 2.75) is 71.0 Å².